The molecule has 0 heterocycles. The van der Waals surface area contributed by atoms with Crippen molar-refractivity contribution in [2.75, 3.05) is 20.2 Å². The van der Waals surface area contributed by atoms with E-state index in [1.165, 1.54) is 0 Å². The van der Waals surface area contributed by atoms with Crippen molar-refractivity contribution in [2.24, 2.45) is 0 Å². The Morgan fingerprint density at radius 2 is 1.80 bits per heavy atom. The lowest BCUT2D eigenvalue weighted by molar-refractivity contribution is 0.218. The molecule has 0 amide bonds. The Balaban J connectivity index is 2.42. The first kappa shape index (κ1) is 11.9. The summed E-state index contributed by atoms with van der Waals surface area (Å²) in [7, 11) is 1.66. The Morgan fingerprint density at radius 1 is 1.20 bits per heavy atom. The Hall–Kier alpha value is -1.22. The van der Waals surface area contributed by atoms with Crippen molar-refractivity contribution in [3.05, 3.63) is 24.3 Å². The fourth-order valence-corrected chi connectivity index (χ4v) is 1.28. The molecular formula is C12H19NO2. The number of benzene rings is 1. The molecule has 0 fully saturated rings. The molecule has 1 aromatic rings. The molecule has 1 N–H and O–H groups in total. The van der Waals surface area contributed by atoms with E-state index in [4.69, 9.17) is 9.47 Å². The SMILES string of the molecule is CCNCC(C)Oc1ccc(OC)cc1. The number of methoxy groups -OCH3 is 1. The Morgan fingerprint density at radius 3 is 2.33 bits per heavy atom. The molecule has 3 heteroatoms. The molecule has 1 atom stereocenters. The van der Waals surface area contributed by atoms with Crippen molar-refractivity contribution < 1.29 is 9.47 Å². The van der Waals surface area contributed by atoms with E-state index >= 15 is 0 Å². The van der Waals surface area contributed by atoms with E-state index in [0.29, 0.717) is 0 Å². The molecule has 0 bridgehead atoms. The van der Waals surface area contributed by atoms with Crippen molar-refractivity contribution >= 4 is 0 Å². The second-order valence-electron chi connectivity index (χ2n) is 3.41. The zero-order valence-electron chi connectivity index (χ0n) is 9.62. The van der Waals surface area contributed by atoms with Gasteiger partial charge in [0.25, 0.3) is 0 Å². The van der Waals surface area contributed by atoms with Gasteiger partial charge in [-0.25, -0.2) is 0 Å². The maximum atomic E-state index is 5.70. The third-order valence-corrected chi connectivity index (χ3v) is 2.08. The van der Waals surface area contributed by atoms with E-state index in [0.717, 1.165) is 24.6 Å². The zero-order valence-corrected chi connectivity index (χ0v) is 9.62. The van der Waals surface area contributed by atoms with Gasteiger partial charge in [0.05, 0.1) is 7.11 Å². The van der Waals surface area contributed by atoms with E-state index in [1.807, 2.05) is 31.2 Å². The smallest absolute Gasteiger partial charge is 0.120 e. The monoisotopic (exact) mass is 209 g/mol. The van der Waals surface area contributed by atoms with Crippen molar-refractivity contribution in [1.29, 1.82) is 0 Å². The standard InChI is InChI=1S/C12H19NO2/c1-4-13-9-10(2)15-12-7-5-11(14-3)6-8-12/h5-8,10,13H,4,9H2,1-3H3. The van der Waals surface area contributed by atoms with Crippen LogP contribution in [0, 0.1) is 0 Å². The van der Waals surface area contributed by atoms with Crippen LogP contribution in [0.2, 0.25) is 0 Å². The van der Waals surface area contributed by atoms with Gasteiger partial charge >= 0.3 is 0 Å². The van der Waals surface area contributed by atoms with Crippen LogP contribution in [-0.4, -0.2) is 26.3 Å². The third kappa shape index (κ3) is 4.21. The minimum atomic E-state index is 0.179. The zero-order chi connectivity index (χ0) is 11.1. The summed E-state index contributed by atoms with van der Waals surface area (Å²) < 4.78 is 10.8. The van der Waals surface area contributed by atoms with Crippen molar-refractivity contribution in [3.8, 4) is 11.5 Å². The number of likely N-dealkylation sites (N-methyl/N-ethyl adjacent to an activating group) is 1. The lowest BCUT2D eigenvalue weighted by Crippen LogP contribution is -2.28. The minimum absolute atomic E-state index is 0.179. The predicted octanol–water partition coefficient (Wildman–Crippen LogP) is 2.07. The van der Waals surface area contributed by atoms with Gasteiger partial charge < -0.3 is 14.8 Å². The number of ether oxygens (including phenoxy) is 2. The van der Waals surface area contributed by atoms with Gasteiger partial charge in [0, 0.05) is 6.54 Å². The number of hydrogen-bond donors (Lipinski definition) is 1. The highest BCUT2D eigenvalue weighted by Gasteiger charge is 2.02. The Kier molecular flexibility index (Phi) is 4.98. The average Bonchev–Trinajstić information content (AvgIpc) is 2.27. The van der Waals surface area contributed by atoms with E-state index in [1.54, 1.807) is 7.11 Å². The average molecular weight is 209 g/mol. The molecule has 0 aromatic heterocycles. The molecule has 0 aliphatic rings. The van der Waals surface area contributed by atoms with Gasteiger partial charge in [0.2, 0.25) is 0 Å². The van der Waals surface area contributed by atoms with Crippen LogP contribution in [0.5, 0.6) is 11.5 Å². The van der Waals surface area contributed by atoms with E-state index in [9.17, 15) is 0 Å². The summed E-state index contributed by atoms with van der Waals surface area (Å²) in [5.41, 5.74) is 0. The van der Waals surface area contributed by atoms with E-state index in [-0.39, 0.29) is 6.10 Å². The summed E-state index contributed by atoms with van der Waals surface area (Å²) in [5, 5.41) is 3.24. The molecule has 1 aromatic carbocycles. The summed E-state index contributed by atoms with van der Waals surface area (Å²) in [4.78, 5) is 0. The Bertz CT molecular complexity index is 271. The van der Waals surface area contributed by atoms with Crippen LogP contribution in [0.3, 0.4) is 0 Å². The summed E-state index contributed by atoms with van der Waals surface area (Å²) in [6.45, 7) is 5.96. The topological polar surface area (TPSA) is 30.5 Å². The molecule has 0 radical (unpaired) electrons. The molecule has 0 saturated carbocycles. The molecule has 0 spiro atoms. The van der Waals surface area contributed by atoms with Gasteiger partial charge in [-0.05, 0) is 37.7 Å². The quantitative estimate of drug-likeness (QED) is 0.778. The molecule has 1 rings (SSSR count). The molecule has 15 heavy (non-hydrogen) atoms. The third-order valence-electron chi connectivity index (χ3n) is 2.08. The van der Waals surface area contributed by atoms with Crippen LogP contribution in [0.25, 0.3) is 0 Å². The van der Waals surface area contributed by atoms with Crippen molar-refractivity contribution in [3.63, 3.8) is 0 Å². The highest BCUT2D eigenvalue weighted by molar-refractivity contribution is 5.31. The second-order valence-corrected chi connectivity index (χ2v) is 3.41. The highest BCUT2D eigenvalue weighted by atomic mass is 16.5. The van der Waals surface area contributed by atoms with Crippen molar-refractivity contribution in [1.82, 2.24) is 5.32 Å². The van der Waals surface area contributed by atoms with Crippen LogP contribution >= 0.6 is 0 Å². The van der Waals surface area contributed by atoms with Gasteiger partial charge in [-0.15, -0.1) is 0 Å². The highest BCUT2D eigenvalue weighted by Crippen LogP contribution is 2.17. The molecule has 0 saturated heterocycles. The van der Waals surface area contributed by atoms with E-state index < -0.39 is 0 Å². The van der Waals surface area contributed by atoms with E-state index in [2.05, 4.69) is 12.2 Å². The maximum absolute atomic E-state index is 5.70. The molecular weight excluding hydrogens is 190 g/mol. The largest absolute Gasteiger partial charge is 0.497 e. The van der Waals surface area contributed by atoms with Gasteiger partial charge in [0.15, 0.2) is 0 Å². The van der Waals surface area contributed by atoms with Gasteiger partial charge in [-0.3, -0.25) is 0 Å². The molecule has 3 nitrogen and oxygen atoms in total. The summed E-state index contributed by atoms with van der Waals surface area (Å²) in [5.74, 6) is 1.72. The minimum Gasteiger partial charge on any atom is -0.497 e. The first-order valence-electron chi connectivity index (χ1n) is 5.27. The maximum Gasteiger partial charge on any atom is 0.120 e. The fraction of sp³-hybridized carbons (Fsp3) is 0.500. The normalized spacial score (nSPS) is 12.2. The molecule has 0 aliphatic heterocycles. The van der Waals surface area contributed by atoms with Gasteiger partial charge in [0.1, 0.15) is 17.6 Å². The number of nitrogens with one attached hydrogen (secondary N) is 1. The van der Waals surface area contributed by atoms with Crippen LogP contribution in [0.15, 0.2) is 24.3 Å². The first-order chi connectivity index (χ1) is 7.26. The van der Waals surface area contributed by atoms with Crippen molar-refractivity contribution in [2.45, 2.75) is 20.0 Å². The molecule has 0 aliphatic carbocycles. The summed E-state index contributed by atoms with van der Waals surface area (Å²) in [6.07, 6.45) is 0.179. The number of hydrogen-bond acceptors (Lipinski definition) is 3. The Labute approximate surface area is 91.4 Å². The second kappa shape index (κ2) is 6.30. The number of rotatable bonds is 6. The molecule has 1 unspecified atom stereocenters. The van der Waals surface area contributed by atoms with Gasteiger partial charge in [-0.2, -0.15) is 0 Å². The van der Waals surface area contributed by atoms with Crippen LogP contribution < -0.4 is 14.8 Å². The molecule has 84 valence electrons. The lowest BCUT2D eigenvalue weighted by Gasteiger charge is -2.15. The fourth-order valence-electron chi connectivity index (χ4n) is 1.28. The van der Waals surface area contributed by atoms with Gasteiger partial charge in [-0.1, -0.05) is 6.92 Å². The van der Waals surface area contributed by atoms with Crippen LogP contribution in [0.4, 0.5) is 0 Å². The predicted molar refractivity (Wildman–Crippen MR) is 61.6 cm³/mol. The summed E-state index contributed by atoms with van der Waals surface area (Å²) in [6, 6.07) is 7.63. The first-order valence-corrected chi connectivity index (χ1v) is 5.27. The van der Waals surface area contributed by atoms with Crippen LogP contribution in [-0.2, 0) is 0 Å². The lowest BCUT2D eigenvalue weighted by atomic mass is 10.3. The van der Waals surface area contributed by atoms with Crippen LogP contribution in [0.1, 0.15) is 13.8 Å². The summed E-state index contributed by atoms with van der Waals surface area (Å²) >= 11 is 0.